The standard InChI is InChI=1S/C27H31FN4O/c1-19-17-32(15-14-29-19)18-21-4-11-25(12-5-21)31(3)27(33)16-23-8-13-26(30-20(23)2)22-6-9-24(28)10-7-22/h4-13,19,29H,14-18H2,1-3H3/t19-/m1/s1. The fraction of sp³-hybridized carbons (Fsp3) is 0.333. The van der Waals surface area contributed by atoms with E-state index < -0.39 is 0 Å². The molecule has 0 bridgehead atoms. The number of nitrogens with zero attached hydrogens (tertiary/aromatic N) is 3. The van der Waals surface area contributed by atoms with Gasteiger partial charge in [0.25, 0.3) is 0 Å². The van der Waals surface area contributed by atoms with E-state index in [2.05, 4.69) is 34.3 Å². The zero-order valence-electron chi connectivity index (χ0n) is 19.5. The molecule has 0 radical (unpaired) electrons. The Bertz CT molecular complexity index is 1100. The van der Waals surface area contributed by atoms with E-state index in [0.717, 1.165) is 54.4 Å². The van der Waals surface area contributed by atoms with E-state index in [0.29, 0.717) is 6.04 Å². The Morgan fingerprint density at radius 2 is 1.85 bits per heavy atom. The maximum Gasteiger partial charge on any atom is 0.231 e. The Hall–Kier alpha value is -3.09. The molecule has 1 atom stereocenters. The number of anilines is 1. The molecule has 1 saturated heterocycles. The van der Waals surface area contributed by atoms with Crippen LogP contribution in [0, 0.1) is 12.7 Å². The number of hydrogen-bond donors (Lipinski definition) is 1. The van der Waals surface area contributed by atoms with E-state index in [9.17, 15) is 9.18 Å². The van der Waals surface area contributed by atoms with Crippen LogP contribution in [0.1, 0.15) is 23.7 Å². The third kappa shape index (κ3) is 5.83. The van der Waals surface area contributed by atoms with Gasteiger partial charge in [-0.1, -0.05) is 18.2 Å². The lowest BCUT2D eigenvalue weighted by Gasteiger charge is -2.31. The number of carbonyl (C=O) groups excluding carboxylic acids is 1. The van der Waals surface area contributed by atoms with Crippen molar-refractivity contribution in [2.45, 2.75) is 32.9 Å². The molecule has 3 aromatic rings. The summed E-state index contributed by atoms with van der Waals surface area (Å²) in [4.78, 5) is 21.7. The van der Waals surface area contributed by atoms with Crippen molar-refractivity contribution in [3.05, 3.63) is 83.3 Å². The zero-order valence-corrected chi connectivity index (χ0v) is 19.5. The fourth-order valence-electron chi connectivity index (χ4n) is 4.22. The molecule has 0 unspecified atom stereocenters. The van der Waals surface area contributed by atoms with Crippen molar-refractivity contribution in [3.63, 3.8) is 0 Å². The van der Waals surface area contributed by atoms with E-state index in [1.54, 1.807) is 17.0 Å². The molecule has 1 N–H and O–H groups in total. The van der Waals surface area contributed by atoms with Gasteiger partial charge in [-0.15, -0.1) is 0 Å². The van der Waals surface area contributed by atoms with E-state index in [1.807, 2.05) is 38.2 Å². The number of rotatable bonds is 6. The van der Waals surface area contributed by atoms with Crippen LogP contribution in [-0.4, -0.2) is 48.5 Å². The molecule has 4 rings (SSSR count). The van der Waals surface area contributed by atoms with E-state index in [4.69, 9.17) is 0 Å². The SMILES string of the molecule is Cc1nc(-c2ccc(F)cc2)ccc1CC(=O)N(C)c1ccc(CN2CCN[C@H](C)C2)cc1. The zero-order chi connectivity index (χ0) is 23.4. The quantitative estimate of drug-likeness (QED) is 0.617. The van der Waals surface area contributed by atoms with Crippen LogP contribution < -0.4 is 10.2 Å². The van der Waals surface area contributed by atoms with Crippen molar-refractivity contribution in [1.82, 2.24) is 15.2 Å². The summed E-state index contributed by atoms with van der Waals surface area (Å²) in [5, 5.41) is 3.47. The van der Waals surface area contributed by atoms with Crippen molar-refractivity contribution < 1.29 is 9.18 Å². The molecule has 1 aliphatic rings. The number of hydrogen-bond acceptors (Lipinski definition) is 4. The van der Waals surface area contributed by atoms with Gasteiger partial charge in [-0.2, -0.15) is 0 Å². The number of amides is 1. The molecule has 2 aromatic carbocycles. The summed E-state index contributed by atoms with van der Waals surface area (Å²) in [5.74, 6) is -0.259. The smallest absolute Gasteiger partial charge is 0.231 e. The van der Waals surface area contributed by atoms with Gasteiger partial charge in [0.15, 0.2) is 0 Å². The minimum absolute atomic E-state index is 0.0121. The summed E-state index contributed by atoms with van der Waals surface area (Å²) in [6.45, 7) is 8.17. The molecule has 1 aromatic heterocycles. The first-order valence-corrected chi connectivity index (χ1v) is 11.4. The van der Waals surface area contributed by atoms with Gasteiger partial charge in [-0.05, 0) is 67.4 Å². The second kappa shape index (κ2) is 10.2. The van der Waals surface area contributed by atoms with Crippen LogP contribution in [-0.2, 0) is 17.8 Å². The highest BCUT2D eigenvalue weighted by Crippen LogP contribution is 2.21. The monoisotopic (exact) mass is 446 g/mol. The predicted octanol–water partition coefficient (Wildman–Crippen LogP) is 4.20. The Morgan fingerprint density at radius 3 is 2.52 bits per heavy atom. The average molecular weight is 447 g/mol. The van der Waals surface area contributed by atoms with Crippen molar-refractivity contribution in [2.24, 2.45) is 0 Å². The van der Waals surface area contributed by atoms with Gasteiger partial charge in [0, 0.05) is 56.2 Å². The van der Waals surface area contributed by atoms with Gasteiger partial charge in [-0.25, -0.2) is 4.39 Å². The molecule has 5 nitrogen and oxygen atoms in total. The minimum atomic E-state index is -0.271. The van der Waals surface area contributed by atoms with Crippen molar-refractivity contribution in [3.8, 4) is 11.3 Å². The van der Waals surface area contributed by atoms with Gasteiger partial charge >= 0.3 is 0 Å². The lowest BCUT2D eigenvalue weighted by Crippen LogP contribution is -2.48. The summed E-state index contributed by atoms with van der Waals surface area (Å²) < 4.78 is 13.2. The Kier molecular flexibility index (Phi) is 7.16. The normalized spacial score (nSPS) is 16.5. The van der Waals surface area contributed by atoms with E-state index >= 15 is 0 Å². The molecular formula is C27H31FN4O. The summed E-state index contributed by atoms with van der Waals surface area (Å²) in [6, 6.07) is 18.9. The van der Waals surface area contributed by atoms with Crippen molar-refractivity contribution >= 4 is 11.6 Å². The lowest BCUT2D eigenvalue weighted by atomic mass is 10.1. The number of carbonyl (C=O) groups is 1. The van der Waals surface area contributed by atoms with Crippen molar-refractivity contribution in [1.29, 1.82) is 0 Å². The van der Waals surface area contributed by atoms with Gasteiger partial charge < -0.3 is 10.2 Å². The molecule has 6 heteroatoms. The second-order valence-corrected chi connectivity index (χ2v) is 8.83. The summed E-state index contributed by atoms with van der Waals surface area (Å²) in [6.07, 6.45) is 0.277. The molecule has 0 spiro atoms. The first kappa shape index (κ1) is 23.1. The average Bonchev–Trinajstić information content (AvgIpc) is 2.81. The van der Waals surface area contributed by atoms with Gasteiger partial charge in [-0.3, -0.25) is 14.7 Å². The number of halogens is 1. The third-order valence-corrected chi connectivity index (χ3v) is 6.23. The van der Waals surface area contributed by atoms with Gasteiger partial charge in [0.1, 0.15) is 5.82 Å². The highest BCUT2D eigenvalue weighted by atomic mass is 19.1. The van der Waals surface area contributed by atoms with Gasteiger partial charge in [0.05, 0.1) is 12.1 Å². The van der Waals surface area contributed by atoms with Crippen LogP contribution >= 0.6 is 0 Å². The largest absolute Gasteiger partial charge is 0.315 e. The Morgan fingerprint density at radius 1 is 1.12 bits per heavy atom. The Labute approximate surface area is 195 Å². The topological polar surface area (TPSA) is 48.5 Å². The number of aryl methyl sites for hydroxylation is 1. The maximum absolute atomic E-state index is 13.2. The van der Waals surface area contributed by atoms with E-state index in [1.165, 1.54) is 17.7 Å². The molecule has 1 amide bonds. The number of likely N-dealkylation sites (N-methyl/N-ethyl adjacent to an activating group) is 1. The number of aromatic nitrogens is 1. The lowest BCUT2D eigenvalue weighted by molar-refractivity contribution is -0.117. The molecule has 2 heterocycles. The number of nitrogens with one attached hydrogen (secondary N) is 1. The van der Waals surface area contributed by atoms with Crippen molar-refractivity contribution in [2.75, 3.05) is 31.6 Å². The van der Waals surface area contributed by atoms with Crippen LogP contribution in [0.15, 0.2) is 60.7 Å². The first-order valence-electron chi connectivity index (χ1n) is 11.4. The molecular weight excluding hydrogens is 415 g/mol. The molecule has 0 aliphatic carbocycles. The highest BCUT2D eigenvalue weighted by molar-refractivity contribution is 5.94. The first-order chi connectivity index (χ1) is 15.9. The number of benzene rings is 2. The van der Waals surface area contributed by atoms with Crippen LogP contribution in [0.4, 0.5) is 10.1 Å². The number of pyridine rings is 1. The van der Waals surface area contributed by atoms with E-state index in [-0.39, 0.29) is 18.1 Å². The molecule has 1 fully saturated rings. The van der Waals surface area contributed by atoms with Crippen LogP contribution in [0.25, 0.3) is 11.3 Å². The summed E-state index contributed by atoms with van der Waals surface area (Å²) in [7, 11) is 1.81. The summed E-state index contributed by atoms with van der Waals surface area (Å²) >= 11 is 0. The third-order valence-electron chi connectivity index (χ3n) is 6.23. The number of piperazine rings is 1. The molecule has 172 valence electrons. The predicted molar refractivity (Wildman–Crippen MR) is 131 cm³/mol. The Balaban J connectivity index is 1.38. The molecule has 0 saturated carbocycles. The highest BCUT2D eigenvalue weighted by Gasteiger charge is 2.17. The van der Waals surface area contributed by atoms with Crippen LogP contribution in [0.2, 0.25) is 0 Å². The second-order valence-electron chi connectivity index (χ2n) is 8.83. The van der Waals surface area contributed by atoms with Crippen LogP contribution in [0.3, 0.4) is 0 Å². The fourth-order valence-corrected chi connectivity index (χ4v) is 4.22. The van der Waals surface area contributed by atoms with Gasteiger partial charge in [0.2, 0.25) is 5.91 Å². The summed E-state index contributed by atoms with van der Waals surface area (Å²) in [5.41, 5.74) is 5.45. The maximum atomic E-state index is 13.2. The molecule has 33 heavy (non-hydrogen) atoms. The molecule has 1 aliphatic heterocycles. The van der Waals surface area contributed by atoms with Crippen LogP contribution in [0.5, 0.6) is 0 Å². The minimum Gasteiger partial charge on any atom is -0.315 e.